The Balaban J connectivity index is 2.34. The van der Waals surface area contributed by atoms with Gasteiger partial charge in [0.05, 0.1) is 22.1 Å². The zero-order valence-electron chi connectivity index (χ0n) is 12.8. The van der Waals surface area contributed by atoms with Gasteiger partial charge in [0.1, 0.15) is 0 Å². The second-order valence-corrected chi connectivity index (χ2v) is 7.54. The smallest absolute Gasteiger partial charge is 0.330 e. The quantitative estimate of drug-likeness (QED) is 0.860. The number of nitrogens with one attached hydrogen (secondary N) is 1. The molecule has 0 heterocycles. The molecular formula is C15H18F3N3O2S. The number of benzene rings is 1. The van der Waals surface area contributed by atoms with Crippen molar-refractivity contribution in [3.63, 3.8) is 0 Å². The zero-order valence-corrected chi connectivity index (χ0v) is 13.6. The molecule has 9 heteroatoms. The van der Waals surface area contributed by atoms with Gasteiger partial charge in [-0.2, -0.15) is 18.4 Å². The average molecular weight is 361 g/mol. The highest BCUT2D eigenvalue weighted by molar-refractivity contribution is 7.89. The molecule has 0 amide bonds. The van der Waals surface area contributed by atoms with Gasteiger partial charge >= 0.3 is 6.18 Å². The van der Waals surface area contributed by atoms with Crippen molar-refractivity contribution in [1.29, 1.82) is 5.26 Å². The Morgan fingerprint density at radius 3 is 2.54 bits per heavy atom. The average Bonchev–Trinajstić information content (AvgIpc) is 2.53. The molecule has 1 saturated carbocycles. The predicted octanol–water partition coefficient (Wildman–Crippen LogP) is 2.37. The number of sulfonamides is 1. The van der Waals surface area contributed by atoms with Crippen LogP contribution in [0.25, 0.3) is 0 Å². The van der Waals surface area contributed by atoms with Crippen molar-refractivity contribution in [3.05, 3.63) is 29.3 Å². The van der Waals surface area contributed by atoms with Crippen LogP contribution >= 0.6 is 0 Å². The molecule has 24 heavy (non-hydrogen) atoms. The molecule has 1 aromatic rings. The van der Waals surface area contributed by atoms with Gasteiger partial charge in [0, 0.05) is 6.04 Å². The normalized spacial score (nSPS) is 22.1. The van der Waals surface area contributed by atoms with Crippen LogP contribution in [0.15, 0.2) is 23.1 Å². The summed E-state index contributed by atoms with van der Waals surface area (Å²) in [4.78, 5) is -0.504. The molecule has 1 aliphatic rings. The van der Waals surface area contributed by atoms with E-state index in [0.717, 1.165) is 31.4 Å². The molecule has 2 rings (SSSR count). The van der Waals surface area contributed by atoms with Crippen molar-refractivity contribution in [2.75, 3.05) is 6.54 Å². The summed E-state index contributed by atoms with van der Waals surface area (Å²) in [6.45, 7) is 0.314. The van der Waals surface area contributed by atoms with E-state index in [4.69, 9.17) is 11.0 Å². The maximum atomic E-state index is 13.0. The van der Waals surface area contributed by atoms with Crippen molar-refractivity contribution in [2.24, 2.45) is 11.7 Å². The predicted molar refractivity (Wildman–Crippen MR) is 81.3 cm³/mol. The van der Waals surface area contributed by atoms with Gasteiger partial charge < -0.3 is 5.73 Å². The summed E-state index contributed by atoms with van der Waals surface area (Å²) in [6.07, 6.45) is -1.63. The fourth-order valence-electron chi connectivity index (χ4n) is 2.93. The molecule has 0 bridgehead atoms. The van der Waals surface area contributed by atoms with Crippen molar-refractivity contribution >= 4 is 10.0 Å². The van der Waals surface area contributed by atoms with E-state index in [0.29, 0.717) is 19.0 Å². The summed E-state index contributed by atoms with van der Waals surface area (Å²) in [5, 5.41) is 8.77. The minimum atomic E-state index is -4.80. The first-order chi connectivity index (χ1) is 11.2. The van der Waals surface area contributed by atoms with Gasteiger partial charge in [-0.3, -0.25) is 0 Å². The van der Waals surface area contributed by atoms with Crippen LogP contribution in [-0.2, 0) is 16.2 Å². The van der Waals surface area contributed by atoms with Crippen LogP contribution in [0, 0.1) is 17.2 Å². The van der Waals surface area contributed by atoms with Crippen molar-refractivity contribution < 1.29 is 21.6 Å². The molecular weight excluding hydrogens is 343 g/mol. The van der Waals surface area contributed by atoms with E-state index >= 15 is 0 Å². The maximum absolute atomic E-state index is 13.0. The summed E-state index contributed by atoms with van der Waals surface area (Å²) < 4.78 is 66.3. The highest BCUT2D eigenvalue weighted by Crippen LogP contribution is 2.33. The van der Waals surface area contributed by atoms with Gasteiger partial charge in [0.25, 0.3) is 0 Å². The van der Waals surface area contributed by atoms with Crippen LogP contribution in [0.3, 0.4) is 0 Å². The van der Waals surface area contributed by atoms with Gasteiger partial charge in [-0.05, 0) is 43.5 Å². The van der Waals surface area contributed by atoms with E-state index in [1.165, 1.54) is 6.07 Å². The summed E-state index contributed by atoms with van der Waals surface area (Å²) >= 11 is 0. The third-order valence-electron chi connectivity index (χ3n) is 4.25. The zero-order chi connectivity index (χ0) is 18.0. The lowest BCUT2D eigenvalue weighted by Gasteiger charge is -2.31. The third-order valence-corrected chi connectivity index (χ3v) is 5.73. The number of hydrogen-bond acceptors (Lipinski definition) is 4. The monoisotopic (exact) mass is 361 g/mol. The number of nitriles is 1. The number of halogens is 3. The maximum Gasteiger partial charge on any atom is 0.417 e. The van der Waals surface area contributed by atoms with Gasteiger partial charge in [0.2, 0.25) is 10.0 Å². The van der Waals surface area contributed by atoms with E-state index in [9.17, 15) is 21.6 Å². The van der Waals surface area contributed by atoms with Gasteiger partial charge in [-0.1, -0.05) is 12.8 Å². The molecule has 0 radical (unpaired) electrons. The standard InChI is InChI=1S/C15H18F3N3O2S/c16-15(17,18)13-7-12(6-5-10(13)8-19)24(22,23)21-14-4-2-1-3-11(14)9-20/h5-7,11,14,21H,1-4,9,20H2. The second-order valence-electron chi connectivity index (χ2n) is 5.82. The Labute approximate surface area is 138 Å². The van der Waals surface area contributed by atoms with Crippen molar-refractivity contribution in [3.8, 4) is 6.07 Å². The van der Waals surface area contributed by atoms with Gasteiger partial charge in [-0.15, -0.1) is 0 Å². The van der Waals surface area contributed by atoms with Crippen LogP contribution in [-0.4, -0.2) is 21.0 Å². The Morgan fingerprint density at radius 1 is 1.29 bits per heavy atom. The first-order valence-corrected chi connectivity index (χ1v) is 9.01. The number of rotatable bonds is 4. The fraction of sp³-hybridized carbons (Fsp3) is 0.533. The third kappa shape index (κ3) is 4.06. The molecule has 132 valence electrons. The molecule has 2 unspecified atom stereocenters. The van der Waals surface area contributed by atoms with Crippen LogP contribution in [0.1, 0.15) is 36.8 Å². The largest absolute Gasteiger partial charge is 0.417 e. The lowest BCUT2D eigenvalue weighted by atomic mass is 9.85. The fourth-order valence-corrected chi connectivity index (χ4v) is 4.30. The van der Waals surface area contributed by atoms with Crippen LogP contribution in [0.2, 0.25) is 0 Å². The van der Waals surface area contributed by atoms with Crippen LogP contribution in [0.4, 0.5) is 13.2 Å². The molecule has 0 aromatic heterocycles. The van der Waals surface area contributed by atoms with Crippen LogP contribution < -0.4 is 10.5 Å². The van der Waals surface area contributed by atoms with Gasteiger partial charge in [-0.25, -0.2) is 13.1 Å². The second kappa shape index (κ2) is 7.09. The molecule has 1 aromatic carbocycles. The highest BCUT2D eigenvalue weighted by atomic mass is 32.2. The number of alkyl halides is 3. The summed E-state index contributed by atoms with van der Waals surface area (Å²) in [7, 11) is -4.13. The van der Waals surface area contributed by atoms with E-state index in [2.05, 4.69) is 4.72 Å². The summed E-state index contributed by atoms with van der Waals surface area (Å²) in [6, 6.07) is 3.42. The molecule has 3 N–H and O–H groups in total. The Hall–Kier alpha value is -1.63. The number of nitrogens with two attached hydrogens (primary N) is 1. The molecule has 2 atom stereocenters. The van der Waals surface area contributed by atoms with E-state index < -0.39 is 38.3 Å². The summed E-state index contributed by atoms with van der Waals surface area (Å²) in [5.41, 5.74) is 3.78. The number of nitrogens with zero attached hydrogens (tertiary/aromatic N) is 1. The van der Waals surface area contributed by atoms with E-state index in [1.54, 1.807) is 0 Å². The molecule has 0 aliphatic heterocycles. The van der Waals surface area contributed by atoms with E-state index in [1.807, 2.05) is 0 Å². The van der Waals surface area contributed by atoms with E-state index in [-0.39, 0.29) is 5.92 Å². The Bertz CT molecular complexity index is 741. The minimum absolute atomic E-state index is 0.0333. The minimum Gasteiger partial charge on any atom is -0.330 e. The lowest BCUT2D eigenvalue weighted by molar-refractivity contribution is -0.137. The summed E-state index contributed by atoms with van der Waals surface area (Å²) in [5.74, 6) is -0.0333. The molecule has 1 fully saturated rings. The highest BCUT2D eigenvalue weighted by Gasteiger charge is 2.36. The van der Waals surface area contributed by atoms with Crippen molar-refractivity contribution in [1.82, 2.24) is 4.72 Å². The first kappa shape index (κ1) is 18.7. The first-order valence-electron chi connectivity index (χ1n) is 7.53. The Morgan fingerprint density at radius 2 is 1.96 bits per heavy atom. The topological polar surface area (TPSA) is 96.0 Å². The molecule has 0 spiro atoms. The SMILES string of the molecule is N#Cc1ccc(S(=O)(=O)NC2CCCCC2CN)cc1C(F)(F)F. The lowest BCUT2D eigenvalue weighted by Crippen LogP contribution is -2.44. The van der Waals surface area contributed by atoms with Gasteiger partial charge in [0.15, 0.2) is 0 Å². The molecule has 1 aliphatic carbocycles. The number of hydrogen-bond donors (Lipinski definition) is 2. The Kier molecular flexibility index (Phi) is 5.52. The van der Waals surface area contributed by atoms with Crippen LogP contribution in [0.5, 0.6) is 0 Å². The van der Waals surface area contributed by atoms with Crippen molar-refractivity contribution in [2.45, 2.75) is 42.8 Å². The molecule has 5 nitrogen and oxygen atoms in total. The molecule has 0 saturated heterocycles.